The molecular formula is C17H15N3OS2. The minimum Gasteiger partial charge on any atom is -0.493 e. The van der Waals surface area contributed by atoms with Gasteiger partial charge in [0, 0.05) is 5.75 Å². The zero-order valence-electron chi connectivity index (χ0n) is 12.6. The Labute approximate surface area is 142 Å². The summed E-state index contributed by atoms with van der Waals surface area (Å²) in [7, 11) is 0. The van der Waals surface area contributed by atoms with Gasteiger partial charge in [0.25, 0.3) is 0 Å². The first-order valence-corrected chi connectivity index (χ1v) is 9.16. The van der Waals surface area contributed by atoms with E-state index in [9.17, 15) is 0 Å². The van der Waals surface area contributed by atoms with E-state index < -0.39 is 0 Å². The molecule has 0 bridgehead atoms. The lowest BCUT2D eigenvalue weighted by Gasteiger charge is -2.05. The van der Waals surface area contributed by atoms with Crippen LogP contribution in [0.15, 0.2) is 53.7 Å². The third-order valence-corrected chi connectivity index (χ3v) is 5.42. The monoisotopic (exact) mass is 341 g/mol. The largest absolute Gasteiger partial charge is 0.493 e. The number of thiazole rings is 1. The fourth-order valence-electron chi connectivity index (χ4n) is 2.38. The summed E-state index contributed by atoms with van der Waals surface area (Å²) in [6.45, 7) is 2.71. The molecule has 0 aliphatic rings. The van der Waals surface area contributed by atoms with Crippen molar-refractivity contribution in [3.05, 3.63) is 54.1 Å². The molecule has 0 N–H and O–H groups in total. The minimum absolute atomic E-state index is 0.644. The number of hydrogen-bond acceptors (Lipinski definition) is 5. The molecule has 0 radical (unpaired) electrons. The molecule has 6 heteroatoms. The standard InChI is InChI=1S/C17H15N3OS2/c1-12-6-8-13(9-7-12)21-10-11-22-16-18-19-17-20(16)14-4-2-3-5-15(14)23-17/h2-9H,10-11H2,1H3. The molecule has 0 saturated heterocycles. The highest BCUT2D eigenvalue weighted by Crippen LogP contribution is 2.29. The summed E-state index contributed by atoms with van der Waals surface area (Å²) in [4.78, 5) is 0.938. The topological polar surface area (TPSA) is 39.4 Å². The molecule has 0 aliphatic carbocycles. The quantitative estimate of drug-likeness (QED) is 0.398. The molecule has 116 valence electrons. The van der Waals surface area contributed by atoms with E-state index in [1.807, 2.05) is 24.3 Å². The summed E-state index contributed by atoms with van der Waals surface area (Å²) in [6, 6.07) is 16.4. The van der Waals surface area contributed by atoms with E-state index in [-0.39, 0.29) is 0 Å². The summed E-state index contributed by atoms with van der Waals surface area (Å²) in [5.74, 6) is 1.74. The zero-order chi connectivity index (χ0) is 15.6. The van der Waals surface area contributed by atoms with Gasteiger partial charge >= 0.3 is 0 Å². The molecule has 0 aliphatic heterocycles. The molecule has 0 amide bonds. The van der Waals surface area contributed by atoms with Crippen molar-refractivity contribution in [2.24, 2.45) is 0 Å². The number of ether oxygens (including phenoxy) is 1. The fourth-order valence-corrected chi connectivity index (χ4v) is 4.16. The maximum atomic E-state index is 5.76. The van der Waals surface area contributed by atoms with Crippen molar-refractivity contribution in [3.8, 4) is 5.75 Å². The van der Waals surface area contributed by atoms with Crippen molar-refractivity contribution in [2.45, 2.75) is 12.1 Å². The number of aryl methyl sites for hydroxylation is 1. The van der Waals surface area contributed by atoms with E-state index in [0.29, 0.717) is 6.61 Å². The Bertz CT molecular complexity index is 943. The molecule has 4 aromatic rings. The second-order valence-corrected chi connectivity index (χ2v) is 7.25. The van der Waals surface area contributed by atoms with Gasteiger partial charge < -0.3 is 4.74 Å². The summed E-state index contributed by atoms with van der Waals surface area (Å²) in [5.41, 5.74) is 2.40. The van der Waals surface area contributed by atoms with Crippen LogP contribution in [0, 0.1) is 6.92 Å². The summed E-state index contributed by atoms with van der Waals surface area (Å²) in [6.07, 6.45) is 0. The van der Waals surface area contributed by atoms with Gasteiger partial charge in [-0.1, -0.05) is 52.9 Å². The maximum absolute atomic E-state index is 5.76. The van der Waals surface area contributed by atoms with Crippen molar-refractivity contribution >= 4 is 38.3 Å². The zero-order valence-corrected chi connectivity index (χ0v) is 14.2. The van der Waals surface area contributed by atoms with Crippen LogP contribution in [0.1, 0.15) is 5.56 Å². The van der Waals surface area contributed by atoms with E-state index >= 15 is 0 Å². The van der Waals surface area contributed by atoms with Crippen LogP contribution in [0.2, 0.25) is 0 Å². The van der Waals surface area contributed by atoms with Gasteiger partial charge in [0.05, 0.1) is 16.8 Å². The van der Waals surface area contributed by atoms with Gasteiger partial charge in [-0.25, -0.2) is 0 Å². The van der Waals surface area contributed by atoms with Crippen molar-refractivity contribution in [3.63, 3.8) is 0 Å². The van der Waals surface area contributed by atoms with Gasteiger partial charge in [-0.2, -0.15) is 0 Å². The lowest BCUT2D eigenvalue weighted by atomic mass is 10.2. The van der Waals surface area contributed by atoms with E-state index in [0.717, 1.165) is 21.6 Å². The summed E-state index contributed by atoms with van der Waals surface area (Å²) < 4.78 is 9.12. The highest BCUT2D eigenvalue weighted by atomic mass is 32.2. The molecule has 2 heterocycles. The molecular weight excluding hydrogens is 326 g/mol. The van der Waals surface area contributed by atoms with Gasteiger partial charge in [0.2, 0.25) is 4.96 Å². The van der Waals surface area contributed by atoms with E-state index in [2.05, 4.69) is 45.8 Å². The number of hydrogen-bond donors (Lipinski definition) is 0. The predicted octanol–water partition coefficient (Wildman–Crippen LogP) is 4.42. The smallest absolute Gasteiger partial charge is 0.217 e. The first kappa shape index (κ1) is 14.5. The van der Waals surface area contributed by atoms with Gasteiger partial charge in [0.15, 0.2) is 5.16 Å². The first-order valence-electron chi connectivity index (χ1n) is 7.36. The van der Waals surface area contributed by atoms with Gasteiger partial charge in [-0.15, -0.1) is 10.2 Å². The minimum atomic E-state index is 0.644. The van der Waals surface area contributed by atoms with Crippen molar-refractivity contribution in [2.75, 3.05) is 12.4 Å². The van der Waals surface area contributed by atoms with Gasteiger partial charge in [0.1, 0.15) is 5.75 Å². The van der Waals surface area contributed by atoms with Crippen LogP contribution >= 0.6 is 23.1 Å². The molecule has 0 spiro atoms. The Kier molecular flexibility index (Phi) is 3.93. The molecule has 2 aromatic carbocycles. The lowest BCUT2D eigenvalue weighted by Crippen LogP contribution is -2.00. The summed E-state index contributed by atoms with van der Waals surface area (Å²) in [5, 5.41) is 9.49. The van der Waals surface area contributed by atoms with Crippen LogP contribution in [-0.2, 0) is 0 Å². The number of thioether (sulfide) groups is 1. The molecule has 23 heavy (non-hydrogen) atoms. The molecule has 0 saturated carbocycles. The fraction of sp³-hybridized carbons (Fsp3) is 0.176. The summed E-state index contributed by atoms with van der Waals surface area (Å²) >= 11 is 3.33. The van der Waals surface area contributed by atoms with Crippen LogP contribution in [0.25, 0.3) is 15.2 Å². The number of rotatable bonds is 5. The number of aromatic nitrogens is 3. The van der Waals surface area contributed by atoms with Gasteiger partial charge in [-0.3, -0.25) is 4.40 Å². The van der Waals surface area contributed by atoms with Crippen LogP contribution in [-0.4, -0.2) is 27.0 Å². The second kappa shape index (κ2) is 6.22. The Balaban J connectivity index is 1.45. The lowest BCUT2D eigenvalue weighted by molar-refractivity contribution is 0.344. The Morgan fingerprint density at radius 1 is 1.09 bits per heavy atom. The average Bonchev–Trinajstić information content (AvgIpc) is 3.13. The van der Waals surface area contributed by atoms with Crippen LogP contribution in [0.5, 0.6) is 5.75 Å². The molecule has 0 fully saturated rings. The second-order valence-electron chi connectivity index (χ2n) is 5.18. The SMILES string of the molecule is Cc1ccc(OCCSc2nnc3sc4ccccc4n23)cc1. The molecule has 2 aromatic heterocycles. The third kappa shape index (κ3) is 2.92. The normalized spacial score (nSPS) is 11.3. The number of nitrogens with zero attached hydrogens (tertiary/aromatic N) is 3. The van der Waals surface area contributed by atoms with Crippen molar-refractivity contribution in [1.82, 2.24) is 14.6 Å². The number of para-hydroxylation sites is 1. The van der Waals surface area contributed by atoms with E-state index in [1.54, 1.807) is 23.1 Å². The predicted molar refractivity (Wildman–Crippen MR) is 95.8 cm³/mol. The van der Waals surface area contributed by atoms with Crippen LogP contribution in [0.3, 0.4) is 0 Å². The van der Waals surface area contributed by atoms with E-state index in [1.165, 1.54) is 15.8 Å². The first-order chi connectivity index (χ1) is 11.3. The third-order valence-electron chi connectivity index (χ3n) is 3.52. The Morgan fingerprint density at radius 3 is 2.78 bits per heavy atom. The van der Waals surface area contributed by atoms with Crippen LogP contribution in [0.4, 0.5) is 0 Å². The Hall–Kier alpha value is -2.05. The van der Waals surface area contributed by atoms with Crippen molar-refractivity contribution in [1.29, 1.82) is 0 Å². The number of fused-ring (bicyclic) bond motifs is 3. The van der Waals surface area contributed by atoms with E-state index in [4.69, 9.17) is 4.74 Å². The molecule has 4 rings (SSSR count). The number of benzene rings is 2. The van der Waals surface area contributed by atoms with Crippen LogP contribution < -0.4 is 4.74 Å². The molecule has 0 unspecified atom stereocenters. The van der Waals surface area contributed by atoms with Gasteiger partial charge in [-0.05, 0) is 31.2 Å². The van der Waals surface area contributed by atoms with Crippen molar-refractivity contribution < 1.29 is 4.74 Å². The highest BCUT2D eigenvalue weighted by molar-refractivity contribution is 7.99. The molecule has 4 nitrogen and oxygen atoms in total. The average molecular weight is 341 g/mol. The highest BCUT2D eigenvalue weighted by Gasteiger charge is 2.12. The maximum Gasteiger partial charge on any atom is 0.217 e. The molecule has 0 atom stereocenters. The Morgan fingerprint density at radius 2 is 1.91 bits per heavy atom.